The maximum Gasteiger partial charge on any atom is 0.246 e. The third-order valence-electron chi connectivity index (χ3n) is 4.54. The summed E-state index contributed by atoms with van der Waals surface area (Å²) in [5.74, 6) is 0.0862. The zero-order valence-electron chi connectivity index (χ0n) is 12.5. The summed E-state index contributed by atoms with van der Waals surface area (Å²) in [5.41, 5.74) is 4.95. The Morgan fingerprint density at radius 2 is 2.00 bits per heavy atom. The molecule has 0 atom stereocenters. The number of aromatic nitrogens is 2. The fraction of sp³-hybridized carbons (Fsp3) is 0.333. The molecule has 22 heavy (non-hydrogen) atoms. The summed E-state index contributed by atoms with van der Waals surface area (Å²) in [7, 11) is 0. The molecule has 1 aliphatic carbocycles. The van der Waals surface area contributed by atoms with Crippen molar-refractivity contribution in [2.24, 2.45) is 0 Å². The molecule has 2 aliphatic rings. The first-order valence-electron chi connectivity index (χ1n) is 7.91. The molecule has 0 saturated carbocycles. The van der Waals surface area contributed by atoms with Crippen LogP contribution < -0.4 is 0 Å². The topological polar surface area (TPSA) is 38.1 Å². The van der Waals surface area contributed by atoms with Gasteiger partial charge in [0.15, 0.2) is 0 Å². The second-order valence-electron chi connectivity index (χ2n) is 5.95. The molecule has 0 unspecified atom stereocenters. The van der Waals surface area contributed by atoms with E-state index in [-0.39, 0.29) is 5.91 Å². The lowest BCUT2D eigenvalue weighted by Gasteiger charge is -2.27. The quantitative estimate of drug-likeness (QED) is 0.798. The summed E-state index contributed by atoms with van der Waals surface area (Å²) in [6, 6.07) is 9.94. The minimum atomic E-state index is 0.0862. The number of benzene rings is 1. The number of hydrogen-bond acceptors (Lipinski definition) is 2. The second-order valence-corrected chi connectivity index (χ2v) is 5.95. The van der Waals surface area contributed by atoms with Gasteiger partial charge < -0.3 is 4.90 Å². The lowest BCUT2D eigenvalue weighted by molar-refractivity contribution is -0.127. The molecule has 4 nitrogen and oxygen atoms in total. The summed E-state index contributed by atoms with van der Waals surface area (Å²) < 4.78 is 2.11. The lowest BCUT2D eigenvalue weighted by atomic mass is 10.1. The van der Waals surface area contributed by atoms with Gasteiger partial charge >= 0.3 is 0 Å². The third kappa shape index (κ3) is 2.34. The van der Waals surface area contributed by atoms with E-state index in [1.165, 1.54) is 23.4 Å². The van der Waals surface area contributed by atoms with Gasteiger partial charge in [-0.25, -0.2) is 0 Å². The summed E-state index contributed by atoms with van der Waals surface area (Å²) in [5, 5.41) is 4.68. The Hall–Kier alpha value is -2.36. The fourth-order valence-electron chi connectivity index (χ4n) is 3.37. The first-order chi connectivity index (χ1) is 10.8. The van der Waals surface area contributed by atoms with E-state index in [0.717, 1.165) is 31.5 Å². The van der Waals surface area contributed by atoms with Crippen molar-refractivity contribution in [2.75, 3.05) is 6.54 Å². The van der Waals surface area contributed by atoms with Crippen molar-refractivity contribution in [3.05, 3.63) is 58.9 Å². The van der Waals surface area contributed by atoms with Crippen LogP contribution >= 0.6 is 0 Å². The van der Waals surface area contributed by atoms with E-state index < -0.39 is 0 Å². The van der Waals surface area contributed by atoms with Crippen molar-refractivity contribution in [2.45, 2.75) is 32.4 Å². The van der Waals surface area contributed by atoms with Gasteiger partial charge in [-0.1, -0.05) is 30.3 Å². The predicted molar refractivity (Wildman–Crippen MR) is 85.1 cm³/mol. The van der Waals surface area contributed by atoms with Crippen molar-refractivity contribution in [3.63, 3.8) is 0 Å². The van der Waals surface area contributed by atoms with Gasteiger partial charge in [-0.05, 0) is 36.5 Å². The standard InChI is InChI=1S/C18H19N3O/c22-18(10-9-14-5-2-1-3-6-14)20-11-12-21-17(13-20)15-7-4-8-16(15)19-21/h1-3,5-6,9-10H,4,7-8,11-13H2/b10-9+. The van der Waals surface area contributed by atoms with E-state index in [1.807, 2.05) is 41.3 Å². The van der Waals surface area contributed by atoms with Gasteiger partial charge in [-0.2, -0.15) is 5.10 Å². The second kappa shape index (κ2) is 5.44. The van der Waals surface area contributed by atoms with Crippen molar-refractivity contribution in [1.29, 1.82) is 0 Å². The Bertz CT molecular complexity index is 730. The number of hydrogen-bond donors (Lipinski definition) is 0. The average molecular weight is 293 g/mol. The number of fused-ring (bicyclic) bond motifs is 3. The molecule has 2 aromatic rings. The van der Waals surface area contributed by atoms with Gasteiger partial charge in [0.1, 0.15) is 0 Å². The predicted octanol–water partition coefficient (Wildman–Crippen LogP) is 2.43. The normalized spacial score (nSPS) is 16.8. The van der Waals surface area contributed by atoms with E-state index in [2.05, 4.69) is 9.78 Å². The number of aryl methyl sites for hydroxylation is 1. The van der Waals surface area contributed by atoms with Crippen molar-refractivity contribution in [3.8, 4) is 0 Å². The largest absolute Gasteiger partial charge is 0.331 e. The van der Waals surface area contributed by atoms with Crippen molar-refractivity contribution >= 4 is 12.0 Å². The summed E-state index contributed by atoms with van der Waals surface area (Å²) in [6.45, 7) is 2.25. The third-order valence-corrected chi connectivity index (χ3v) is 4.54. The maximum absolute atomic E-state index is 12.4. The summed E-state index contributed by atoms with van der Waals surface area (Å²) in [4.78, 5) is 14.3. The van der Waals surface area contributed by atoms with Gasteiger partial charge in [0.05, 0.1) is 24.5 Å². The van der Waals surface area contributed by atoms with Gasteiger partial charge in [-0.15, -0.1) is 0 Å². The number of amides is 1. The molecule has 4 rings (SSSR count). The highest BCUT2D eigenvalue weighted by atomic mass is 16.2. The van der Waals surface area contributed by atoms with E-state index in [9.17, 15) is 4.79 Å². The molecular formula is C18H19N3O. The molecule has 0 spiro atoms. The fourth-order valence-corrected chi connectivity index (χ4v) is 3.37. The first kappa shape index (κ1) is 13.3. The maximum atomic E-state index is 12.4. The van der Waals surface area contributed by atoms with Gasteiger partial charge in [0.25, 0.3) is 0 Å². The van der Waals surface area contributed by atoms with E-state index in [0.29, 0.717) is 6.54 Å². The monoisotopic (exact) mass is 293 g/mol. The van der Waals surface area contributed by atoms with Gasteiger partial charge in [-0.3, -0.25) is 9.48 Å². The highest BCUT2D eigenvalue weighted by Gasteiger charge is 2.27. The Balaban J connectivity index is 1.50. The summed E-state index contributed by atoms with van der Waals surface area (Å²) >= 11 is 0. The molecule has 0 N–H and O–H groups in total. The first-order valence-corrected chi connectivity index (χ1v) is 7.91. The molecule has 1 aromatic carbocycles. The Morgan fingerprint density at radius 3 is 2.86 bits per heavy atom. The zero-order valence-corrected chi connectivity index (χ0v) is 12.5. The highest BCUT2D eigenvalue weighted by molar-refractivity contribution is 5.91. The Kier molecular flexibility index (Phi) is 3.29. The van der Waals surface area contributed by atoms with Crippen LogP contribution in [0.25, 0.3) is 6.08 Å². The SMILES string of the molecule is O=C(/C=C/c1ccccc1)N1CCn2nc3c(c2C1)CCC3. The number of carbonyl (C=O) groups excluding carboxylic acids is 1. The minimum Gasteiger partial charge on any atom is -0.331 e. The molecular weight excluding hydrogens is 274 g/mol. The van der Waals surface area contributed by atoms with Crippen LogP contribution in [0.2, 0.25) is 0 Å². The van der Waals surface area contributed by atoms with Gasteiger partial charge in [0.2, 0.25) is 5.91 Å². The molecule has 112 valence electrons. The van der Waals surface area contributed by atoms with Crippen LogP contribution in [0.1, 0.15) is 28.9 Å². The van der Waals surface area contributed by atoms with E-state index in [1.54, 1.807) is 6.08 Å². The van der Waals surface area contributed by atoms with Crippen LogP contribution in [0.5, 0.6) is 0 Å². The highest BCUT2D eigenvalue weighted by Crippen LogP contribution is 2.27. The van der Waals surface area contributed by atoms with Crippen LogP contribution in [0.3, 0.4) is 0 Å². The molecule has 2 heterocycles. The smallest absolute Gasteiger partial charge is 0.246 e. The minimum absolute atomic E-state index is 0.0862. The molecule has 0 bridgehead atoms. The molecule has 0 fully saturated rings. The average Bonchev–Trinajstić information content (AvgIpc) is 3.14. The van der Waals surface area contributed by atoms with Crippen LogP contribution in [0.15, 0.2) is 36.4 Å². The molecule has 1 aromatic heterocycles. The Labute approximate surface area is 130 Å². The van der Waals surface area contributed by atoms with Crippen LogP contribution in [-0.4, -0.2) is 27.1 Å². The van der Waals surface area contributed by atoms with Crippen molar-refractivity contribution < 1.29 is 4.79 Å². The summed E-state index contributed by atoms with van der Waals surface area (Å²) in [6.07, 6.45) is 6.98. The number of nitrogens with zero attached hydrogens (tertiary/aromatic N) is 3. The van der Waals surface area contributed by atoms with Crippen LogP contribution in [0.4, 0.5) is 0 Å². The number of carbonyl (C=O) groups is 1. The van der Waals surface area contributed by atoms with Crippen molar-refractivity contribution in [1.82, 2.24) is 14.7 Å². The van der Waals surface area contributed by atoms with Crippen LogP contribution in [-0.2, 0) is 30.7 Å². The lowest BCUT2D eigenvalue weighted by Crippen LogP contribution is -2.37. The number of rotatable bonds is 2. The molecule has 0 radical (unpaired) electrons. The van der Waals surface area contributed by atoms with Crippen LogP contribution in [0, 0.1) is 0 Å². The zero-order chi connectivity index (χ0) is 14.9. The molecule has 1 aliphatic heterocycles. The Morgan fingerprint density at radius 1 is 1.14 bits per heavy atom. The molecule has 1 amide bonds. The molecule has 4 heteroatoms. The van der Waals surface area contributed by atoms with E-state index in [4.69, 9.17) is 0 Å². The van der Waals surface area contributed by atoms with E-state index >= 15 is 0 Å². The van der Waals surface area contributed by atoms with Gasteiger partial charge in [0, 0.05) is 12.6 Å². The molecule has 0 saturated heterocycles.